The van der Waals surface area contributed by atoms with Gasteiger partial charge in [-0.05, 0) is 38.5 Å². The van der Waals surface area contributed by atoms with E-state index in [1.165, 1.54) is 12.4 Å². The highest BCUT2D eigenvalue weighted by atomic mass is 16.5. The Morgan fingerprint density at radius 1 is 1.14 bits per heavy atom. The minimum Gasteiger partial charge on any atom is -0.619 e. The maximum atomic E-state index is 12.6. The van der Waals surface area contributed by atoms with Crippen molar-refractivity contribution in [1.82, 2.24) is 4.90 Å². The van der Waals surface area contributed by atoms with Crippen LogP contribution in [0.3, 0.4) is 0 Å². The number of hydrogen-bond donors (Lipinski definition) is 0. The molecule has 0 atom stereocenters. The molecule has 0 aliphatic carbocycles. The number of carbonyl (C=O) groups is 1. The van der Waals surface area contributed by atoms with Gasteiger partial charge in [0.15, 0.2) is 12.4 Å². The number of pyridine rings is 1. The number of benzene rings is 1. The highest BCUT2D eigenvalue weighted by Crippen LogP contribution is 2.13. The molecule has 4 heteroatoms. The average Bonchev–Trinajstić information content (AvgIpc) is 2.45. The van der Waals surface area contributed by atoms with Crippen LogP contribution >= 0.6 is 0 Å². The minimum absolute atomic E-state index is 0.0168. The molecule has 1 heterocycles. The van der Waals surface area contributed by atoms with Crippen LogP contribution in [-0.2, 0) is 6.54 Å². The Labute approximate surface area is 125 Å². The lowest BCUT2D eigenvalue weighted by Crippen LogP contribution is -2.31. The van der Waals surface area contributed by atoms with E-state index >= 15 is 0 Å². The van der Waals surface area contributed by atoms with E-state index in [1.807, 2.05) is 32.9 Å². The van der Waals surface area contributed by atoms with Gasteiger partial charge in [-0.2, -0.15) is 4.73 Å². The summed E-state index contributed by atoms with van der Waals surface area (Å²) in [7, 11) is 0. The van der Waals surface area contributed by atoms with Crippen molar-refractivity contribution in [3.8, 4) is 0 Å². The molecule has 0 bridgehead atoms. The van der Waals surface area contributed by atoms with Crippen molar-refractivity contribution >= 4 is 5.91 Å². The standard InChI is InChI=1S/C17H20N2O2/c1-4-18(12-15-5-7-19(21)8-6-15)17(20)16-10-13(2)9-14(3)11-16/h5-11H,4,12H2,1-3H3. The first kappa shape index (κ1) is 15.0. The molecule has 2 rings (SSSR count). The Bertz CT molecular complexity index is 615. The predicted molar refractivity (Wildman–Crippen MR) is 81.7 cm³/mol. The Morgan fingerprint density at radius 3 is 2.24 bits per heavy atom. The molecule has 0 fully saturated rings. The molecule has 0 aliphatic rings. The summed E-state index contributed by atoms with van der Waals surface area (Å²) in [6.45, 7) is 7.06. The van der Waals surface area contributed by atoms with Crippen molar-refractivity contribution in [1.29, 1.82) is 0 Å². The average molecular weight is 284 g/mol. The largest absolute Gasteiger partial charge is 0.619 e. The lowest BCUT2D eigenvalue weighted by Gasteiger charge is -2.21. The van der Waals surface area contributed by atoms with Gasteiger partial charge in [0.2, 0.25) is 0 Å². The number of carbonyl (C=O) groups excluding carboxylic acids is 1. The number of aromatic nitrogens is 1. The van der Waals surface area contributed by atoms with Crippen LogP contribution in [0.2, 0.25) is 0 Å². The van der Waals surface area contributed by atoms with Gasteiger partial charge in [-0.1, -0.05) is 17.2 Å². The molecule has 110 valence electrons. The molecule has 21 heavy (non-hydrogen) atoms. The Kier molecular flexibility index (Phi) is 4.58. The van der Waals surface area contributed by atoms with Gasteiger partial charge in [0.25, 0.3) is 5.91 Å². The molecule has 0 saturated heterocycles. The fourth-order valence-corrected chi connectivity index (χ4v) is 2.38. The van der Waals surface area contributed by atoms with Crippen LogP contribution in [0.4, 0.5) is 0 Å². The van der Waals surface area contributed by atoms with Crippen molar-refractivity contribution in [2.75, 3.05) is 6.54 Å². The minimum atomic E-state index is 0.0168. The Balaban J connectivity index is 2.20. The second-order valence-corrected chi connectivity index (χ2v) is 5.26. The smallest absolute Gasteiger partial charge is 0.254 e. The third-order valence-corrected chi connectivity index (χ3v) is 3.38. The lowest BCUT2D eigenvalue weighted by atomic mass is 10.1. The highest BCUT2D eigenvalue weighted by Gasteiger charge is 2.15. The van der Waals surface area contributed by atoms with Crippen LogP contribution < -0.4 is 4.73 Å². The zero-order chi connectivity index (χ0) is 15.4. The molecular weight excluding hydrogens is 264 g/mol. The maximum absolute atomic E-state index is 12.6. The van der Waals surface area contributed by atoms with Crippen molar-refractivity contribution in [3.63, 3.8) is 0 Å². The Morgan fingerprint density at radius 2 is 1.71 bits per heavy atom. The molecule has 2 aromatic rings. The first-order valence-corrected chi connectivity index (χ1v) is 7.05. The van der Waals surface area contributed by atoms with Crippen molar-refractivity contribution in [2.45, 2.75) is 27.3 Å². The molecule has 0 spiro atoms. The normalized spacial score (nSPS) is 10.4. The van der Waals surface area contributed by atoms with Gasteiger partial charge in [0.05, 0.1) is 0 Å². The first-order valence-electron chi connectivity index (χ1n) is 7.05. The van der Waals surface area contributed by atoms with E-state index in [0.717, 1.165) is 21.4 Å². The van der Waals surface area contributed by atoms with Crippen LogP contribution in [0.25, 0.3) is 0 Å². The van der Waals surface area contributed by atoms with Gasteiger partial charge in [-0.3, -0.25) is 4.79 Å². The molecule has 0 saturated carbocycles. The number of hydrogen-bond acceptors (Lipinski definition) is 2. The van der Waals surface area contributed by atoms with Crippen molar-refractivity contribution in [2.24, 2.45) is 0 Å². The second-order valence-electron chi connectivity index (χ2n) is 5.26. The summed E-state index contributed by atoms with van der Waals surface area (Å²) in [6.07, 6.45) is 2.90. The summed E-state index contributed by atoms with van der Waals surface area (Å²) >= 11 is 0. The molecule has 0 N–H and O–H groups in total. The van der Waals surface area contributed by atoms with E-state index in [0.29, 0.717) is 18.7 Å². The fourth-order valence-electron chi connectivity index (χ4n) is 2.38. The van der Waals surface area contributed by atoms with Gasteiger partial charge >= 0.3 is 0 Å². The second kappa shape index (κ2) is 6.39. The summed E-state index contributed by atoms with van der Waals surface area (Å²) in [4.78, 5) is 14.4. The molecule has 0 aliphatic heterocycles. The van der Waals surface area contributed by atoms with E-state index in [2.05, 4.69) is 6.07 Å². The molecular formula is C17H20N2O2. The van der Waals surface area contributed by atoms with Crippen LogP contribution in [-0.4, -0.2) is 17.4 Å². The van der Waals surface area contributed by atoms with E-state index in [1.54, 1.807) is 17.0 Å². The summed E-state index contributed by atoms with van der Waals surface area (Å²) in [6, 6.07) is 9.36. The van der Waals surface area contributed by atoms with E-state index in [4.69, 9.17) is 0 Å². The van der Waals surface area contributed by atoms with Crippen LogP contribution in [0.15, 0.2) is 42.7 Å². The lowest BCUT2D eigenvalue weighted by molar-refractivity contribution is -0.605. The third kappa shape index (κ3) is 3.81. The number of aryl methyl sites for hydroxylation is 2. The van der Waals surface area contributed by atoms with Gasteiger partial charge in [-0.25, -0.2) is 0 Å². The monoisotopic (exact) mass is 284 g/mol. The van der Waals surface area contributed by atoms with Crippen molar-refractivity contribution < 1.29 is 9.52 Å². The number of amides is 1. The van der Waals surface area contributed by atoms with E-state index in [9.17, 15) is 10.0 Å². The van der Waals surface area contributed by atoms with Crippen LogP contribution in [0.1, 0.15) is 34.0 Å². The summed E-state index contributed by atoms with van der Waals surface area (Å²) in [5, 5.41) is 11.0. The number of rotatable bonds is 4. The zero-order valence-corrected chi connectivity index (χ0v) is 12.7. The zero-order valence-electron chi connectivity index (χ0n) is 12.7. The quantitative estimate of drug-likeness (QED) is 0.640. The molecule has 1 aromatic carbocycles. The highest BCUT2D eigenvalue weighted by molar-refractivity contribution is 5.94. The molecule has 1 aromatic heterocycles. The van der Waals surface area contributed by atoms with Gasteiger partial charge < -0.3 is 10.1 Å². The van der Waals surface area contributed by atoms with Crippen LogP contribution in [0, 0.1) is 19.1 Å². The van der Waals surface area contributed by atoms with E-state index in [-0.39, 0.29) is 5.91 Å². The van der Waals surface area contributed by atoms with Gasteiger partial charge in [-0.15, -0.1) is 0 Å². The third-order valence-electron chi connectivity index (χ3n) is 3.38. The van der Waals surface area contributed by atoms with Crippen molar-refractivity contribution in [3.05, 3.63) is 70.2 Å². The molecule has 0 radical (unpaired) electrons. The molecule has 0 unspecified atom stereocenters. The van der Waals surface area contributed by atoms with Gasteiger partial charge in [0.1, 0.15) is 0 Å². The van der Waals surface area contributed by atoms with Crippen LogP contribution in [0.5, 0.6) is 0 Å². The maximum Gasteiger partial charge on any atom is 0.254 e. The summed E-state index contributed by atoms with van der Waals surface area (Å²) in [5.41, 5.74) is 3.83. The fraction of sp³-hybridized carbons (Fsp3) is 0.294. The molecule has 1 amide bonds. The number of nitrogens with zero attached hydrogens (tertiary/aromatic N) is 2. The molecule has 4 nitrogen and oxygen atoms in total. The van der Waals surface area contributed by atoms with Gasteiger partial charge in [0, 0.05) is 30.8 Å². The predicted octanol–water partition coefficient (Wildman–Crippen LogP) is 2.60. The SMILES string of the molecule is CCN(Cc1cc[n+]([O-])cc1)C(=O)c1cc(C)cc(C)c1. The summed E-state index contributed by atoms with van der Waals surface area (Å²) in [5.74, 6) is 0.0168. The Hall–Kier alpha value is -2.36. The summed E-state index contributed by atoms with van der Waals surface area (Å²) < 4.78 is 0.742. The first-order chi connectivity index (χ1) is 9.99. The topological polar surface area (TPSA) is 47.2 Å². The van der Waals surface area contributed by atoms with E-state index < -0.39 is 0 Å².